The average molecular weight is 298 g/mol. The SMILES string of the molecule is Cc1ccccc1N(COCC1CCCO1)C(=O)CCl. The van der Waals surface area contributed by atoms with Crippen molar-refractivity contribution in [3.8, 4) is 0 Å². The summed E-state index contributed by atoms with van der Waals surface area (Å²) >= 11 is 5.68. The lowest BCUT2D eigenvalue weighted by atomic mass is 10.2. The van der Waals surface area contributed by atoms with Gasteiger partial charge in [-0.3, -0.25) is 9.69 Å². The Morgan fingerprint density at radius 2 is 2.30 bits per heavy atom. The number of aryl methyl sites for hydroxylation is 1. The second kappa shape index (κ2) is 7.62. The molecule has 0 aromatic heterocycles. The third kappa shape index (κ3) is 3.95. The third-order valence-corrected chi connectivity index (χ3v) is 3.60. The van der Waals surface area contributed by atoms with Gasteiger partial charge in [-0.25, -0.2) is 0 Å². The molecule has 110 valence electrons. The number of nitrogens with zero attached hydrogens (tertiary/aromatic N) is 1. The van der Waals surface area contributed by atoms with Gasteiger partial charge in [-0.1, -0.05) is 18.2 Å². The van der Waals surface area contributed by atoms with Gasteiger partial charge in [0.05, 0.1) is 12.7 Å². The van der Waals surface area contributed by atoms with E-state index in [-0.39, 0.29) is 24.6 Å². The molecule has 1 fully saturated rings. The number of benzene rings is 1. The predicted octanol–water partition coefficient (Wildman–Crippen LogP) is 2.72. The summed E-state index contributed by atoms with van der Waals surface area (Å²) in [6, 6.07) is 7.70. The van der Waals surface area contributed by atoms with Crippen LogP contribution in [0.2, 0.25) is 0 Å². The highest BCUT2D eigenvalue weighted by molar-refractivity contribution is 6.29. The second-order valence-electron chi connectivity index (χ2n) is 4.88. The molecule has 1 aliphatic rings. The molecule has 0 saturated carbocycles. The van der Waals surface area contributed by atoms with Gasteiger partial charge in [0.15, 0.2) is 0 Å². The van der Waals surface area contributed by atoms with E-state index in [2.05, 4.69) is 0 Å². The van der Waals surface area contributed by atoms with Gasteiger partial charge in [-0.15, -0.1) is 11.6 Å². The first kappa shape index (κ1) is 15.3. The lowest BCUT2D eigenvalue weighted by Crippen LogP contribution is -2.35. The number of para-hydroxylation sites is 1. The van der Waals surface area contributed by atoms with Gasteiger partial charge in [0.2, 0.25) is 5.91 Å². The number of halogens is 1. The summed E-state index contributed by atoms with van der Waals surface area (Å²) in [5.41, 5.74) is 1.86. The van der Waals surface area contributed by atoms with E-state index >= 15 is 0 Å². The van der Waals surface area contributed by atoms with E-state index in [9.17, 15) is 4.79 Å². The standard InChI is InChI=1S/C15H20ClNO3/c1-12-5-2-3-7-14(12)17(15(18)9-16)11-19-10-13-6-4-8-20-13/h2-3,5,7,13H,4,6,8-11H2,1H3. The minimum absolute atomic E-state index is 0.0579. The van der Waals surface area contributed by atoms with Crippen LogP contribution in [-0.4, -0.2) is 37.8 Å². The van der Waals surface area contributed by atoms with Crippen LogP contribution in [0.5, 0.6) is 0 Å². The van der Waals surface area contributed by atoms with Crippen molar-refractivity contribution >= 4 is 23.2 Å². The van der Waals surface area contributed by atoms with Gasteiger partial charge in [0.25, 0.3) is 0 Å². The van der Waals surface area contributed by atoms with Gasteiger partial charge >= 0.3 is 0 Å². The fraction of sp³-hybridized carbons (Fsp3) is 0.533. The Balaban J connectivity index is 1.97. The molecule has 4 nitrogen and oxygen atoms in total. The summed E-state index contributed by atoms with van der Waals surface area (Å²) in [6.07, 6.45) is 2.25. The number of hydrogen-bond acceptors (Lipinski definition) is 3. The molecular formula is C15H20ClNO3. The van der Waals surface area contributed by atoms with E-state index in [1.807, 2.05) is 31.2 Å². The molecule has 1 saturated heterocycles. The smallest absolute Gasteiger partial charge is 0.243 e. The Bertz CT molecular complexity index is 446. The van der Waals surface area contributed by atoms with Gasteiger partial charge in [-0.05, 0) is 31.4 Å². The molecule has 0 spiro atoms. The maximum Gasteiger partial charge on any atom is 0.243 e. The van der Waals surface area contributed by atoms with Crippen LogP contribution in [0.4, 0.5) is 5.69 Å². The monoisotopic (exact) mass is 297 g/mol. The second-order valence-corrected chi connectivity index (χ2v) is 5.14. The molecule has 1 atom stereocenters. The molecule has 1 amide bonds. The van der Waals surface area contributed by atoms with Crippen LogP contribution >= 0.6 is 11.6 Å². The van der Waals surface area contributed by atoms with E-state index in [1.165, 1.54) is 0 Å². The van der Waals surface area contributed by atoms with Gasteiger partial charge in [0.1, 0.15) is 12.6 Å². The van der Waals surface area contributed by atoms with E-state index in [0.29, 0.717) is 6.61 Å². The van der Waals surface area contributed by atoms with Crippen LogP contribution in [0, 0.1) is 6.92 Å². The number of hydrogen-bond donors (Lipinski definition) is 0. The minimum Gasteiger partial charge on any atom is -0.376 e. The van der Waals surface area contributed by atoms with Gasteiger partial charge < -0.3 is 9.47 Å². The van der Waals surface area contributed by atoms with Crippen LogP contribution < -0.4 is 4.90 Å². The van der Waals surface area contributed by atoms with Crippen molar-refractivity contribution in [1.29, 1.82) is 0 Å². The van der Waals surface area contributed by atoms with Crippen LogP contribution in [0.15, 0.2) is 24.3 Å². The van der Waals surface area contributed by atoms with E-state index in [0.717, 1.165) is 30.7 Å². The van der Waals surface area contributed by atoms with Crippen molar-refractivity contribution in [3.63, 3.8) is 0 Å². The van der Waals surface area contributed by atoms with E-state index in [4.69, 9.17) is 21.1 Å². The Kier molecular flexibility index (Phi) is 5.83. The molecule has 1 heterocycles. The average Bonchev–Trinajstić information content (AvgIpc) is 2.97. The predicted molar refractivity (Wildman–Crippen MR) is 79.2 cm³/mol. The Morgan fingerprint density at radius 1 is 1.50 bits per heavy atom. The number of anilines is 1. The molecule has 5 heteroatoms. The van der Waals surface area contributed by atoms with E-state index < -0.39 is 0 Å². The lowest BCUT2D eigenvalue weighted by Gasteiger charge is -2.24. The number of ether oxygens (including phenoxy) is 2. The highest BCUT2D eigenvalue weighted by Crippen LogP contribution is 2.20. The molecule has 0 bridgehead atoms. The zero-order chi connectivity index (χ0) is 14.4. The van der Waals surface area contributed by atoms with Crippen molar-refractivity contribution < 1.29 is 14.3 Å². The normalized spacial score (nSPS) is 18.2. The summed E-state index contributed by atoms with van der Waals surface area (Å²) < 4.78 is 11.1. The first-order valence-electron chi connectivity index (χ1n) is 6.83. The molecular weight excluding hydrogens is 278 g/mol. The zero-order valence-corrected chi connectivity index (χ0v) is 12.4. The third-order valence-electron chi connectivity index (χ3n) is 3.37. The van der Waals surface area contributed by atoms with Gasteiger partial charge in [0, 0.05) is 12.3 Å². The number of amides is 1. The quantitative estimate of drug-likeness (QED) is 0.598. The first-order valence-corrected chi connectivity index (χ1v) is 7.37. The molecule has 20 heavy (non-hydrogen) atoms. The molecule has 1 aromatic rings. The molecule has 0 N–H and O–H groups in total. The largest absolute Gasteiger partial charge is 0.376 e. The van der Waals surface area contributed by atoms with Crippen molar-refractivity contribution in [2.24, 2.45) is 0 Å². The lowest BCUT2D eigenvalue weighted by molar-refractivity contribution is -0.117. The summed E-state index contributed by atoms with van der Waals surface area (Å²) in [5.74, 6) is -0.217. The van der Waals surface area contributed by atoms with E-state index in [1.54, 1.807) is 4.90 Å². The van der Waals surface area contributed by atoms with Crippen LogP contribution in [-0.2, 0) is 14.3 Å². The number of carbonyl (C=O) groups excluding carboxylic acids is 1. The van der Waals surface area contributed by atoms with Crippen molar-refractivity contribution in [3.05, 3.63) is 29.8 Å². The fourth-order valence-electron chi connectivity index (χ4n) is 2.27. The summed E-state index contributed by atoms with van der Waals surface area (Å²) in [6.45, 7) is 3.48. The molecule has 0 radical (unpaired) electrons. The van der Waals surface area contributed by atoms with Crippen LogP contribution in [0.3, 0.4) is 0 Å². The zero-order valence-electron chi connectivity index (χ0n) is 11.7. The highest BCUT2D eigenvalue weighted by Gasteiger charge is 2.19. The highest BCUT2D eigenvalue weighted by atomic mass is 35.5. The molecule has 1 unspecified atom stereocenters. The molecule has 1 aliphatic heterocycles. The van der Waals surface area contributed by atoms with Crippen molar-refractivity contribution in [2.45, 2.75) is 25.9 Å². The number of carbonyl (C=O) groups is 1. The molecule has 1 aromatic carbocycles. The Labute approximate surface area is 124 Å². The summed E-state index contributed by atoms with van der Waals surface area (Å²) in [4.78, 5) is 13.6. The molecule has 2 rings (SSSR count). The van der Waals surface area contributed by atoms with Crippen molar-refractivity contribution in [1.82, 2.24) is 0 Å². The van der Waals surface area contributed by atoms with Crippen LogP contribution in [0.25, 0.3) is 0 Å². The van der Waals surface area contributed by atoms with Gasteiger partial charge in [-0.2, -0.15) is 0 Å². The number of alkyl halides is 1. The maximum absolute atomic E-state index is 12.0. The Morgan fingerprint density at radius 3 is 2.95 bits per heavy atom. The fourth-order valence-corrected chi connectivity index (χ4v) is 2.41. The topological polar surface area (TPSA) is 38.8 Å². The number of rotatable bonds is 6. The molecule has 0 aliphatic carbocycles. The summed E-state index contributed by atoms with van der Waals surface area (Å²) in [7, 11) is 0. The van der Waals surface area contributed by atoms with Crippen LogP contribution in [0.1, 0.15) is 18.4 Å². The van der Waals surface area contributed by atoms with Crippen molar-refractivity contribution in [2.75, 3.05) is 30.7 Å². The first-order chi connectivity index (χ1) is 9.72. The maximum atomic E-state index is 12.0. The summed E-state index contributed by atoms with van der Waals surface area (Å²) in [5, 5.41) is 0. The Hall–Kier alpha value is -1.10. The minimum atomic E-state index is -0.159.